The second-order valence-corrected chi connectivity index (χ2v) is 2.81. The third kappa shape index (κ3) is 9.66. The Morgan fingerprint density at radius 1 is 1.17 bits per heavy atom. The quantitative estimate of drug-likeness (QED) is 0.302. The first-order chi connectivity index (χ1) is 5.91. The molecule has 0 aliphatic carbocycles. The van der Waals surface area contributed by atoms with Crippen LogP contribution < -0.4 is 0 Å². The summed E-state index contributed by atoms with van der Waals surface area (Å²) in [5.74, 6) is 0. The molecule has 12 heavy (non-hydrogen) atoms. The summed E-state index contributed by atoms with van der Waals surface area (Å²) in [5.41, 5.74) is 0. The van der Waals surface area contributed by atoms with Gasteiger partial charge in [0.25, 0.3) is 0 Å². The summed E-state index contributed by atoms with van der Waals surface area (Å²) in [6.45, 7) is 4.92. The van der Waals surface area contributed by atoms with Gasteiger partial charge in [-0.05, 0) is 19.3 Å². The highest BCUT2D eigenvalue weighted by molar-refractivity contribution is 4.65. The van der Waals surface area contributed by atoms with Crippen LogP contribution in [0.25, 0.3) is 0 Å². The largest absolute Gasteiger partial charge is 0.359 e. The lowest BCUT2D eigenvalue weighted by Gasteiger charge is -2.01. The fourth-order valence-electron chi connectivity index (χ4n) is 0.989. The number of rotatable bonds is 9. The van der Waals surface area contributed by atoms with Crippen LogP contribution in [0.4, 0.5) is 0 Å². The van der Waals surface area contributed by atoms with Crippen LogP contribution in [0, 0.1) is 0 Å². The van der Waals surface area contributed by atoms with E-state index in [1.807, 2.05) is 6.08 Å². The van der Waals surface area contributed by atoms with Gasteiger partial charge in [0.05, 0.1) is 0 Å². The number of methoxy groups -OCH3 is 1. The van der Waals surface area contributed by atoms with Crippen LogP contribution in [-0.4, -0.2) is 20.5 Å². The first kappa shape index (κ1) is 11.7. The molecule has 0 aromatic carbocycles. The lowest BCUT2D eigenvalue weighted by Crippen LogP contribution is -1.98. The van der Waals surface area contributed by atoms with E-state index in [9.17, 15) is 0 Å². The highest BCUT2D eigenvalue weighted by Crippen LogP contribution is 2.02. The molecule has 0 aromatic rings. The van der Waals surface area contributed by atoms with Gasteiger partial charge in [0.2, 0.25) is 0 Å². The normalized spacial score (nSPS) is 10.1. The number of ether oxygens (including phenoxy) is 2. The van der Waals surface area contributed by atoms with Gasteiger partial charge in [-0.3, -0.25) is 0 Å². The van der Waals surface area contributed by atoms with E-state index in [1.165, 1.54) is 19.3 Å². The Bertz CT molecular complexity index is 91.8. The Kier molecular flexibility index (Phi) is 10.4. The van der Waals surface area contributed by atoms with Crippen LogP contribution in [0.5, 0.6) is 0 Å². The lowest BCUT2D eigenvalue weighted by molar-refractivity contribution is -0.0315. The molecule has 0 aliphatic rings. The number of hydrogen-bond acceptors (Lipinski definition) is 2. The maximum Gasteiger partial charge on any atom is 0.146 e. The van der Waals surface area contributed by atoms with Crippen molar-refractivity contribution in [3.63, 3.8) is 0 Å². The minimum Gasteiger partial charge on any atom is -0.359 e. The zero-order chi connectivity index (χ0) is 9.07. The van der Waals surface area contributed by atoms with Crippen LogP contribution in [0.1, 0.15) is 32.1 Å². The van der Waals surface area contributed by atoms with Crippen molar-refractivity contribution < 1.29 is 9.47 Å². The van der Waals surface area contributed by atoms with E-state index < -0.39 is 0 Å². The van der Waals surface area contributed by atoms with Crippen LogP contribution in [0.2, 0.25) is 0 Å². The number of allylic oxidation sites excluding steroid dienone is 1. The summed E-state index contributed by atoms with van der Waals surface area (Å²) in [6, 6.07) is 0. The molecule has 0 heterocycles. The van der Waals surface area contributed by atoms with E-state index in [4.69, 9.17) is 9.47 Å². The molecule has 0 saturated heterocycles. The molecule has 0 aliphatic heterocycles. The van der Waals surface area contributed by atoms with Gasteiger partial charge in [-0.1, -0.05) is 18.9 Å². The van der Waals surface area contributed by atoms with Crippen molar-refractivity contribution in [3.05, 3.63) is 12.7 Å². The molecule has 0 fully saturated rings. The summed E-state index contributed by atoms with van der Waals surface area (Å²) in [4.78, 5) is 0. The molecule has 0 rings (SSSR count). The topological polar surface area (TPSA) is 18.5 Å². The fraction of sp³-hybridized carbons (Fsp3) is 0.800. The summed E-state index contributed by atoms with van der Waals surface area (Å²) in [5, 5.41) is 0. The van der Waals surface area contributed by atoms with E-state index in [0.717, 1.165) is 19.4 Å². The van der Waals surface area contributed by atoms with E-state index in [2.05, 4.69) is 6.58 Å². The van der Waals surface area contributed by atoms with Gasteiger partial charge in [0.15, 0.2) is 0 Å². The van der Waals surface area contributed by atoms with Crippen molar-refractivity contribution in [1.29, 1.82) is 0 Å². The summed E-state index contributed by atoms with van der Waals surface area (Å²) < 4.78 is 9.90. The van der Waals surface area contributed by atoms with Gasteiger partial charge in [-0.15, -0.1) is 6.58 Å². The molecule has 0 spiro atoms. The Hall–Kier alpha value is -0.340. The molecule has 0 saturated carbocycles. The molecule has 0 amide bonds. The van der Waals surface area contributed by atoms with Crippen LogP contribution in [-0.2, 0) is 9.47 Å². The van der Waals surface area contributed by atoms with Crippen molar-refractivity contribution in [2.24, 2.45) is 0 Å². The molecule has 72 valence electrons. The van der Waals surface area contributed by atoms with Gasteiger partial charge in [-0.25, -0.2) is 0 Å². The predicted octanol–water partition coefficient (Wildman–Crippen LogP) is 2.74. The van der Waals surface area contributed by atoms with Crippen LogP contribution >= 0.6 is 0 Å². The minimum atomic E-state index is 0.423. The summed E-state index contributed by atoms with van der Waals surface area (Å²) in [6.07, 6.45) is 8.04. The van der Waals surface area contributed by atoms with E-state index in [-0.39, 0.29) is 0 Å². The van der Waals surface area contributed by atoms with Crippen molar-refractivity contribution in [1.82, 2.24) is 0 Å². The van der Waals surface area contributed by atoms with E-state index >= 15 is 0 Å². The summed E-state index contributed by atoms with van der Waals surface area (Å²) in [7, 11) is 1.64. The Morgan fingerprint density at radius 3 is 2.58 bits per heavy atom. The third-order valence-corrected chi connectivity index (χ3v) is 1.65. The summed E-state index contributed by atoms with van der Waals surface area (Å²) >= 11 is 0. The van der Waals surface area contributed by atoms with E-state index in [0.29, 0.717) is 6.79 Å². The number of unbranched alkanes of at least 4 members (excludes halogenated alkanes) is 4. The zero-order valence-electron chi connectivity index (χ0n) is 8.05. The second-order valence-electron chi connectivity index (χ2n) is 2.81. The standard InChI is InChI=1S/C10H20O2/c1-3-4-5-6-7-8-9-12-10-11-2/h3H,1,4-10H2,2H3. The maximum absolute atomic E-state index is 5.15. The van der Waals surface area contributed by atoms with Crippen LogP contribution in [0.15, 0.2) is 12.7 Å². The van der Waals surface area contributed by atoms with Crippen molar-refractivity contribution in [2.45, 2.75) is 32.1 Å². The van der Waals surface area contributed by atoms with Crippen molar-refractivity contribution in [3.8, 4) is 0 Å². The highest BCUT2D eigenvalue weighted by Gasteiger charge is 1.89. The van der Waals surface area contributed by atoms with Gasteiger partial charge >= 0.3 is 0 Å². The minimum absolute atomic E-state index is 0.423. The van der Waals surface area contributed by atoms with Gasteiger partial charge in [0.1, 0.15) is 6.79 Å². The third-order valence-electron chi connectivity index (χ3n) is 1.65. The first-order valence-corrected chi connectivity index (χ1v) is 4.59. The maximum atomic E-state index is 5.15. The smallest absolute Gasteiger partial charge is 0.146 e. The molecule has 0 aromatic heterocycles. The molecular weight excluding hydrogens is 152 g/mol. The Morgan fingerprint density at radius 2 is 1.92 bits per heavy atom. The highest BCUT2D eigenvalue weighted by atomic mass is 16.7. The number of hydrogen-bond donors (Lipinski definition) is 0. The molecule has 0 radical (unpaired) electrons. The molecule has 0 unspecified atom stereocenters. The molecule has 2 nitrogen and oxygen atoms in total. The average molecular weight is 172 g/mol. The predicted molar refractivity (Wildman–Crippen MR) is 51.1 cm³/mol. The molecule has 0 N–H and O–H groups in total. The Labute approximate surface area is 75.6 Å². The van der Waals surface area contributed by atoms with Crippen LogP contribution in [0.3, 0.4) is 0 Å². The lowest BCUT2D eigenvalue weighted by atomic mass is 10.1. The second kappa shape index (κ2) is 10.7. The molecular formula is C10H20O2. The Balaban J connectivity index is 2.77. The van der Waals surface area contributed by atoms with Crippen molar-refractivity contribution in [2.75, 3.05) is 20.5 Å². The monoisotopic (exact) mass is 172 g/mol. The van der Waals surface area contributed by atoms with Gasteiger partial charge < -0.3 is 9.47 Å². The van der Waals surface area contributed by atoms with Crippen molar-refractivity contribution >= 4 is 0 Å². The molecule has 2 heteroatoms. The van der Waals surface area contributed by atoms with Gasteiger partial charge in [0, 0.05) is 13.7 Å². The average Bonchev–Trinajstić information content (AvgIpc) is 2.10. The fourth-order valence-corrected chi connectivity index (χ4v) is 0.989. The zero-order valence-corrected chi connectivity index (χ0v) is 8.05. The molecule has 0 atom stereocenters. The van der Waals surface area contributed by atoms with E-state index in [1.54, 1.807) is 7.11 Å². The SMILES string of the molecule is C=CCCCCCCOCOC. The molecule has 0 bridgehead atoms. The van der Waals surface area contributed by atoms with Gasteiger partial charge in [-0.2, -0.15) is 0 Å². The first-order valence-electron chi connectivity index (χ1n) is 4.59.